The molecule has 0 spiro atoms. The molecule has 2 N–H and O–H groups in total. The van der Waals surface area contributed by atoms with Crippen LogP contribution in [0, 0.1) is 11.8 Å². The van der Waals surface area contributed by atoms with Crippen molar-refractivity contribution in [3.05, 3.63) is 35.4 Å². The van der Waals surface area contributed by atoms with E-state index in [-0.39, 0.29) is 0 Å². The Bertz CT molecular complexity index is 464. The van der Waals surface area contributed by atoms with Crippen molar-refractivity contribution in [1.82, 2.24) is 5.32 Å². The number of rotatable bonds is 8. The van der Waals surface area contributed by atoms with Gasteiger partial charge in [-0.2, -0.15) is 0 Å². The standard InChI is InChI=1S/C19H29NO/c1-4-12-19(21,13-5-2)14-11-18-9-6-8-17(16-18)10-7-15-20-3/h6,8-9,16,20-21H,4-5,7,10,12-13,15H2,1-3H3. The molecular formula is C19H29NO. The number of aryl methyl sites for hydroxylation is 1. The summed E-state index contributed by atoms with van der Waals surface area (Å²) >= 11 is 0. The molecule has 0 aliphatic carbocycles. The zero-order valence-electron chi connectivity index (χ0n) is 13.7. The van der Waals surface area contributed by atoms with E-state index < -0.39 is 5.60 Å². The predicted octanol–water partition coefficient (Wildman–Crippen LogP) is 3.52. The fourth-order valence-corrected chi connectivity index (χ4v) is 2.54. The summed E-state index contributed by atoms with van der Waals surface area (Å²) in [4.78, 5) is 0. The molecule has 0 bridgehead atoms. The number of hydrogen-bond acceptors (Lipinski definition) is 2. The summed E-state index contributed by atoms with van der Waals surface area (Å²) < 4.78 is 0. The van der Waals surface area contributed by atoms with Gasteiger partial charge < -0.3 is 10.4 Å². The van der Waals surface area contributed by atoms with Crippen LogP contribution in [0.1, 0.15) is 57.1 Å². The Balaban J connectivity index is 2.77. The molecule has 0 aromatic heterocycles. The Labute approximate surface area is 130 Å². The SMILES string of the molecule is CCCC(O)(C#Cc1cccc(CCCNC)c1)CCC. The zero-order valence-corrected chi connectivity index (χ0v) is 13.7. The lowest BCUT2D eigenvalue weighted by molar-refractivity contribution is 0.0807. The average Bonchev–Trinajstić information content (AvgIpc) is 2.47. The van der Waals surface area contributed by atoms with Crippen molar-refractivity contribution in [3.8, 4) is 11.8 Å². The van der Waals surface area contributed by atoms with Gasteiger partial charge in [0.2, 0.25) is 0 Å². The minimum Gasteiger partial charge on any atom is -0.378 e. The average molecular weight is 287 g/mol. The monoisotopic (exact) mass is 287 g/mol. The van der Waals surface area contributed by atoms with E-state index in [1.165, 1.54) is 5.56 Å². The highest BCUT2D eigenvalue weighted by Gasteiger charge is 2.21. The molecule has 0 atom stereocenters. The van der Waals surface area contributed by atoms with E-state index in [1.807, 2.05) is 13.1 Å². The molecule has 0 unspecified atom stereocenters. The molecule has 0 fully saturated rings. The molecule has 1 rings (SSSR count). The van der Waals surface area contributed by atoms with Crippen molar-refractivity contribution in [1.29, 1.82) is 0 Å². The van der Waals surface area contributed by atoms with Crippen LogP contribution in [0.2, 0.25) is 0 Å². The normalized spacial score (nSPS) is 11.0. The molecular weight excluding hydrogens is 258 g/mol. The lowest BCUT2D eigenvalue weighted by Gasteiger charge is -2.20. The number of benzene rings is 1. The molecule has 2 heteroatoms. The largest absolute Gasteiger partial charge is 0.378 e. The van der Waals surface area contributed by atoms with Gasteiger partial charge in [0.1, 0.15) is 5.60 Å². The van der Waals surface area contributed by atoms with Crippen molar-refractivity contribution in [2.45, 2.75) is 58.0 Å². The molecule has 1 aromatic carbocycles. The van der Waals surface area contributed by atoms with E-state index in [0.717, 1.165) is 50.6 Å². The summed E-state index contributed by atoms with van der Waals surface area (Å²) in [6.45, 7) is 5.21. The first-order valence-electron chi connectivity index (χ1n) is 8.12. The van der Waals surface area contributed by atoms with Gasteiger partial charge in [-0.05, 0) is 57.0 Å². The summed E-state index contributed by atoms with van der Waals surface area (Å²) in [5.74, 6) is 6.27. The lowest BCUT2D eigenvalue weighted by Crippen LogP contribution is -2.25. The minimum atomic E-state index is -0.828. The maximum Gasteiger partial charge on any atom is 0.125 e. The summed E-state index contributed by atoms with van der Waals surface area (Å²) in [7, 11) is 1.98. The molecule has 21 heavy (non-hydrogen) atoms. The molecule has 2 nitrogen and oxygen atoms in total. The molecule has 0 aliphatic rings. The van der Waals surface area contributed by atoms with E-state index in [0.29, 0.717) is 0 Å². The van der Waals surface area contributed by atoms with Crippen LogP contribution in [-0.4, -0.2) is 24.3 Å². The van der Waals surface area contributed by atoms with Gasteiger partial charge in [-0.1, -0.05) is 50.7 Å². The van der Waals surface area contributed by atoms with Gasteiger partial charge in [0.05, 0.1) is 0 Å². The second-order valence-electron chi connectivity index (χ2n) is 5.69. The van der Waals surface area contributed by atoms with Gasteiger partial charge in [0.25, 0.3) is 0 Å². The van der Waals surface area contributed by atoms with Crippen LogP contribution >= 0.6 is 0 Å². The highest BCUT2D eigenvalue weighted by Crippen LogP contribution is 2.18. The molecule has 0 amide bonds. The van der Waals surface area contributed by atoms with E-state index in [4.69, 9.17) is 0 Å². The number of aliphatic hydroxyl groups is 1. The van der Waals surface area contributed by atoms with Gasteiger partial charge in [-0.15, -0.1) is 0 Å². The Morgan fingerprint density at radius 1 is 1.19 bits per heavy atom. The predicted molar refractivity (Wildman–Crippen MR) is 90.3 cm³/mol. The van der Waals surface area contributed by atoms with Crippen LogP contribution in [0.15, 0.2) is 24.3 Å². The van der Waals surface area contributed by atoms with E-state index in [2.05, 4.69) is 49.2 Å². The Morgan fingerprint density at radius 3 is 2.52 bits per heavy atom. The van der Waals surface area contributed by atoms with Crippen LogP contribution in [0.3, 0.4) is 0 Å². The first-order chi connectivity index (χ1) is 10.1. The van der Waals surface area contributed by atoms with E-state index in [9.17, 15) is 5.11 Å². The van der Waals surface area contributed by atoms with E-state index >= 15 is 0 Å². The summed E-state index contributed by atoms with van der Waals surface area (Å²) in [6.07, 6.45) is 5.59. The molecule has 0 saturated carbocycles. The summed E-state index contributed by atoms with van der Waals surface area (Å²) in [5, 5.41) is 13.7. The lowest BCUT2D eigenvalue weighted by atomic mass is 9.93. The van der Waals surface area contributed by atoms with Crippen LogP contribution in [0.25, 0.3) is 0 Å². The molecule has 0 aliphatic heterocycles. The van der Waals surface area contributed by atoms with Gasteiger partial charge in [-0.25, -0.2) is 0 Å². The van der Waals surface area contributed by atoms with Gasteiger partial charge >= 0.3 is 0 Å². The fourth-order valence-electron chi connectivity index (χ4n) is 2.54. The molecule has 0 saturated heterocycles. The Morgan fingerprint density at radius 2 is 1.90 bits per heavy atom. The molecule has 0 radical (unpaired) electrons. The van der Waals surface area contributed by atoms with Crippen molar-refractivity contribution in [2.24, 2.45) is 0 Å². The molecule has 0 heterocycles. The van der Waals surface area contributed by atoms with Gasteiger partial charge in [0.15, 0.2) is 0 Å². The smallest absolute Gasteiger partial charge is 0.125 e. The van der Waals surface area contributed by atoms with Crippen molar-refractivity contribution in [2.75, 3.05) is 13.6 Å². The van der Waals surface area contributed by atoms with Crippen molar-refractivity contribution < 1.29 is 5.11 Å². The second kappa shape index (κ2) is 9.60. The Kier molecular flexibility index (Phi) is 8.12. The van der Waals surface area contributed by atoms with Gasteiger partial charge in [-0.3, -0.25) is 0 Å². The quantitative estimate of drug-likeness (QED) is 0.566. The number of nitrogens with one attached hydrogen (secondary N) is 1. The third-order valence-electron chi connectivity index (χ3n) is 3.59. The second-order valence-corrected chi connectivity index (χ2v) is 5.69. The minimum absolute atomic E-state index is 0.746. The van der Waals surface area contributed by atoms with Crippen LogP contribution in [0.4, 0.5) is 0 Å². The first kappa shape index (κ1) is 17.8. The maximum atomic E-state index is 10.5. The van der Waals surface area contributed by atoms with Crippen LogP contribution in [-0.2, 0) is 6.42 Å². The highest BCUT2D eigenvalue weighted by molar-refractivity contribution is 5.38. The van der Waals surface area contributed by atoms with Crippen LogP contribution < -0.4 is 5.32 Å². The zero-order chi connectivity index (χ0) is 15.6. The molecule has 1 aromatic rings. The third kappa shape index (κ3) is 6.80. The molecule has 116 valence electrons. The summed E-state index contributed by atoms with van der Waals surface area (Å²) in [5.41, 5.74) is 1.49. The topological polar surface area (TPSA) is 32.3 Å². The van der Waals surface area contributed by atoms with E-state index in [1.54, 1.807) is 0 Å². The van der Waals surface area contributed by atoms with Crippen molar-refractivity contribution in [3.63, 3.8) is 0 Å². The third-order valence-corrected chi connectivity index (χ3v) is 3.59. The first-order valence-corrected chi connectivity index (χ1v) is 8.12. The summed E-state index contributed by atoms with van der Waals surface area (Å²) in [6, 6.07) is 8.36. The maximum absolute atomic E-state index is 10.5. The Hall–Kier alpha value is -1.30. The van der Waals surface area contributed by atoms with Gasteiger partial charge in [0, 0.05) is 5.56 Å². The fraction of sp³-hybridized carbons (Fsp3) is 0.579. The highest BCUT2D eigenvalue weighted by atomic mass is 16.3. The van der Waals surface area contributed by atoms with Crippen molar-refractivity contribution >= 4 is 0 Å². The van der Waals surface area contributed by atoms with Crippen LogP contribution in [0.5, 0.6) is 0 Å². The number of hydrogen-bond donors (Lipinski definition) is 2.